The summed E-state index contributed by atoms with van der Waals surface area (Å²) in [6.45, 7) is 2.65. The molecule has 0 bridgehead atoms. The Hall–Kier alpha value is -3.01. The van der Waals surface area contributed by atoms with Crippen molar-refractivity contribution in [2.45, 2.75) is 18.6 Å². The second-order valence-corrected chi connectivity index (χ2v) is 7.64. The number of likely N-dealkylation sites (N-methyl/N-ethyl adjacent to an activating group) is 1. The van der Waals surface area contributed by atoms with E-state index in [9.17, 15) is 36.2 Å². The number of β-amino-alcohol motifs (C(OH)–C–C–N with tert-alkyl or cyclic N) is 1. The predicted octanol–water partition coefficient (Wildman–Crippen LogP) is 2.07. The fourth-order valence-electron chi connectivity index (χ4n) is 3.13. The predicted molar refractivity (Wildman–Crippen MR) is 110 cm³/mol. The minimum atomic E-state index is -5.01. The van der Waals surface area contributed by atoms with Crippen molar-refractivity contribution in [3.05, 3.63) is 41.7 Å². The van der Waals surface area contributed by atoms with Crippen molar-refractivity contribution in [2.75, 3.05) is 39.9 Å². The van der Waals surface area contributed by atoms with Crippen LogP contribution in [0.1, 0.15) is 11.1 Å². The highest BCUT2D eigenvalue weighted by Crippen LogP contribution is 2.38. The molecule has 1 aromatic heterocycles. The third kappa shape index (κ3) is 7.48. The van der Waals surface area contributed by atoms with Gasteiger partial charge in [-0.15, -0.1) is 5.10 Å². The van der Waals surface area contributed by atoms with E-state index in [-0.39, 0.29) is 12.6 Å². The molecule has 1 amide bonds. The molecule has 0 saturated carbocycles. The Balaban J connectivity index is 1.66. The lowest BCUT2D eigenvalue weighted by Gasteiger charge is -2.31. The fourth-order valence-corrected chi connectivity index (χ4v) is 3.13. The van der Waals surface area contributed by atoms with Crippen LogP contribution in [0.3, 0.4) is 0 Å². The molecule has 1 unspecified atom stereocenters. The lowest BCUT2D eigenvalue weighted by atomic mass is 10.0. The number of hydrogen-bond donors (Lipinski definition) is 2. The first kappa shape index (κ1) is 26.6. The Morgan fingerprint density at radius 2 is 1.77 bits per heavy atom. The number of halogens is 6. The fraction of sp³-hybridized carbons (Fsp3) is 0.450. The van der Waals surface area contributed by atoms with E-state index in [2.05, 4.69) is 15.5 Å². The second kappa shape index (κ2) is 10.7. The molecule has 9 nitrogen and oxygen atoms in total. The van der Waals surface area contributed by atoms with Crippen molar-refractivity contribution in [2.24, 2.45) is 0 Å². The molecule has 1 aliphatic rings. The Kier molecular flexibility index (Phi) is 8.15. The van der Waals surface area contributed by atoms with Crippen molar-refractivity contribution in [1.29, 1.82) is 0 Å². The van der Waals surface area contributed by atoms with E-state index >= 15 is 0 Å². The van der Waals surface area contributed by atoms with Crippen LogP contribution in [0.5, 0.6) is 0 Å². The van der Waals surface area contributed by atoms with Gasteiger partial charge in [0.25, 0.3) is 5.91 Å². The minimum absolute atomic E-state index is 0.00865. The minimum Gasteiger partial charge on any atom is -0.379 e. The molecule has 15 heteroatoms. The zero-order chi connectivity index (χ0) is 25.8. The number of hydrazine groups is 1. The molecule has 1 aliphatic heterocycles. The maximum absolute atomic E-state index is 13.1. The summed E-state index contributed by atoms with van der Waals surface area (Å²) >= 11 is 0. The highest BCUT2D eigenvalue weighted by molar-refractivity contribution is 5.89. The summed E-state index contributed by atoms with van der Waals surface area (Å²) in [6, 6.07) is 1.03. The average Bonchev–Trinajstić information content (AvgIpc) is 3.26. The van der Waals surface area contributed by atoms with E-state index < -0.39 is 47.0 Å². The van der Waals surface area contributed by atoms with Gasteiger partial charge in [-0.05, 0) is 18.2 Å². The van der Waals surface area contributed by atoms with Crippen LogP contribution in [0.2, 0.25) is 0 Å². The summed E-state index contributed by atoms with van der Waals surface area (Å²) in [5, 5.41) is 15.2. The number of nitrogens with one attached hydrogen (secondary N) is 1. The van der Waals surface area contributed by atoms with Crippen LogP contribution in [0.25, 0.3) is 17.6 Å². The molecule has 192 valence electrons. The number of aliphatic hydroxyl groups excluding tert-OH is 1. The van der Waals surface area contributed by atoms with Crippen molar-refractivity contribution < 1.29 is 41.0 Å². The van der Waals surface area contributed by atoms with Gasteiger partial charge in [0, 0.05) is 44.5 Å². The first-order valence-electron chi connectivity index (χ1n) is 10.2. The van der Waals surface area contributed by atoms with Crippen LogP contribution in [0, 0.1) is 0 Å². The number of alkyl halides is 6. The number of aliphatic hydroxyl groups is 1. The highest BCUT2D eigenvalue weighted by atomic mass is 19.4. The molecule has 0 aliphatic carbocycles. The molecule has 0 spiro atoms. The number of carbonyl (C=O) groups excluding carboxylic acids is 1. The van der Waals surface area contributed by atoms with E-state index in [0.717, 1.165) is 23.3 Å². The largest absolute Gasteiger partial charge is 0.416 e. The maximum atomic E-state index is 13.1. The number of morpholine rings is 1. The number of ether oxygens (including phenoxy) is 1. The lowest BCUT2D eigenvalue weighted by molar-refractivity contribution is -0.143. The summed E-state index contributed by atoms with van der Waals surface area (Å²) in [7, 11) is 1.45. The number of amides is 1. The molecule has 1 atom stereocenters. The van der Waals surface area contributed by atoms with E-state index in [1.54, 1.807) is 0 Å². The molecule has 2 aromatic rings. The SMILES string of the molecule is CN(NC(=O)/C=C\n1cnc(-c2cc(C(F)(F)F)cc(C(F)(F)F)c2)n1)C(O)CN1CCOCC1. The molecule has 2 N–H and O–H groups in total. The third-order valence-corrected chi connectivity index (χ3v) is 4.99. The summed E-state index contributed by atoms with van der Waals surface area (Å²) in [6.07, 6.45) is -7.89. The number of rotatable bonds is 7. The topological polar surface area (TPSA) is 95.8 Å². The summed E-state index contributed by atoms with van der Waals surface area (Å²) < 4.78 is 84.5. The zero-order valence-electron chi connectivity index (χ0n) is 18.3. The van der Waals surface area contributed by atoms with E-state index in [4.69, 9.17) is 4.74 Å². The summed E-state index contributed by atoms with van der Waals surface area (Å²) in [5.41, 5.74) is -1.06. The van der Waals surface area contributed by atoms with Crippen molar-refractivity contribution in [3.8, 4) is 11.4 Å². The average molecular weight is 508 g/mol. The maximum Gasteiger partial charge on any atom is 0.416 e. The molecule has 3 rings (SSSR count). The van der Waals surface area contributed by atoms with Gasteiger partial charge in [0.05, 0.1) is 24.3 Å². The summed E-state index contributed by atoms with van der Waals surface area (Å²) in [5.74, 6) is -1.06. The Morgan fingerprint density at radius 3 is 2.34 bits per heavy atom. The lowest BCUT2D eigenvalue weighted by Crippen LogP contribution is -2.51. The van der Waals surface area contributed by atoms with Gasteiger partial charge in [-0.2, -0.15) is 31.4 Å². The molecular weight excluding hydrogens is 486 g/mol. The molecule has 1 aromatic carbocycles. The van der Waals surface area contributed by atoms with Crippen molar-refractivity contribution in [3.63, 3.8) is 0 Å². The highest BCUT2D eigenvalue weighted by Gasteiger charge is 2.37. The second-order valence-electron chi connectivity index (χ2n) is 7.64. The monoisotopic (exact) mass is 508 g/mol. The van der Waals surface area contributed by atoms with Gasteiger partial charge in [-0.25, -0.2) is 9.67 Å². The van der Waals surface area contributed by atoms with Crippen LogP contribution in [0.4, 0.5) is 26.3 Å². The Labute approximate surface area is 195 Å². The molecule has 1 fully saturated rings. The van der Waals surface area contributed by atoms with Gasteiger partial charge in [0.2, 0.25) is 0 Å². The van der Waals surface area contributed by atoms with Crippen molar-refractivity contribution >= 4 is 12.1 Å². The van der Waals surface area contributed by atoms with Gasteiger partial charge in [0.1, 0.15) is 12.6 Å². The van der Waals surface area contributed by atoms with Crippen LogP contribution >= 0.6 is 0 Å². The van der Waals surface area contributed by atoms with E-state index in [0.29, 0.717) is 38.4 Å². The molecule has 1 saturated heterocycles. The summed E-state index contributed by atoms with van der Waals surface area (Å²) in [4.78, 5) is 17.8. The van der Waals surface area contributed by atoms with Crippen LogP contribution in [-0.2, 0) is 21.9 Å². The van der Waals surface area contributed by atoms with Gasteiger partial charge in [-0.3, -0.25) is 15.1 Å². The third-order valence-electron chi connectivity index (χ3n) is 4.99. The zero-order valence-corrected chi connectivity index (χ0v) is 18.3. The van der Waals surface area contributed by atoms with Gasteiger partial charge in [0.15, 0.2) is 5.82 Å². The number of benzene rings is 1. The van der Waals surface area contributed by atoms with Gasteiger partial charge in [-0.1, -0.05) is 0 Å². The van der Waals surface area contributed by atoms with Crippen LogP contribution < -0.4 is 5.43 Å². The Bertz CT molecular complexity index is 1020. The first-order valence-corrected chi connectivity index (χ1v) is 10.2. The number of aromatic nitrogens is 3. The van der Waals surface area contributed by atoms with Gasteiger partial charge >= 0.3 is 12.4 Å². The van der Waals surface area contributed by atoms with Crippen LogP contribution in [0.15, 0.2) is 30.6 Å². The molecular formula is C20H22F6N6O3. The molecule has 35 heavy (non-hydrogen) atoms. The molecule has 2 heterocycles. The Morgan fingerprint density at radius 1 is 1.17 bits per heavy atom. The van der Waals surface area contributed by atoms with E-state index in [1.807, 2.05) is 4.90 Å². The van der Waals surface area contributed by atoms with Crippen LogP contribution in [-0.4, -0.2) is 81.8 Å². The quantitative estimate of drug-likeness (QED) is 0.256. The van der Waals surface area contributed by atoms with Gasteiger partial charge < -0.3 is 9.84 Å². The standard InChI is InChI=1S/C20H22F6N6O3/c1-30(17(34)11-31-4-6-35-7-5-31)28-16(33)2-3-32-12-27-18(29-32)13-8-14(19(21,22)23)10-15(9-13)20(24,25)26/h2-3,8-10,12,17,34H,4-7,11H2,1H3,(H,28,33)/b3-2-. The number of carbonyl (C=O) groups is 1. The number of hydrogen-bond acceptors (Lipinski definition) is 7. The normalized spacial score (nSPS) is 16.7. The smallest absolute Gasteiger partial charge is 0.379 e. The van der Waals surface area contributed by atoms with E-state index in [1.165, 1.54) is 12.1 Å². The first-order chi connectivity index (χ1) is 16.3. The van der Waals surface area contributed by atoms with Crippen molar-refractivity contribution in [1.82, 2.24) is 30.1 Å². The number of nitrogens with zero attached hydrogens (tertiary/aromatic N) is 5. The molecule has 0 radical (unpaired) electrons.